The summed E-state index contributed by atoms with van der Waals surface area (Å²) < 4.78 is 5.78. The predicted octanol–water partition coefficient (Wildman–Crippen LogP) is 1.64. The van der Waals surface area contributed by atoms with E-state index >= 15 is 0 Å². The van der Waals surface area contributed by atoms with E-state index in [-0.39, 0.29) is 35.1 Å². The Kier molecular flexibility index (Phi) is 7.20. The Morgan fingerprint density at radius 1 is 1.22 bits per heavy atom. The molecule has 4 aliphatic carbocycles. The standard InChI is InChI=1S/C30H39N3O8/c1-5-29(7-6-8-29)13-32-12-15-11-18(34)20-16(25(15)41-4)9-14-10-17-22(33(2)3)24(36)21(28(31)39)27(38)30(17,40)26(37)19(14)23(20)35/h11,14,17,22,32,34-35,38,40H,5-10,12-13H2,1-4H3,(H2,31,39)/t14-,17-,22-,30-/m0/s1. The first-order valence-electron chi connectivity index (χ1n) is 14.1. The van der Waals surface area contributed by atoms with Crippen LogP contribution in [0, 0.1) is 17.3 Å². The number of aromatic hydroxyl groups is 1. The number of ether oxygens (including phenoxy) is 1. The van der Waals surface area contributed by atoms with E-state index in [1.54, 1.807) is 14.1 Å². The molecular weight excluding hydrogens is 530 g/mol. The van der Waals surface area contributed by atoms with Gasteiger partial charge in [-0.25, -0.2) is 0 Å². The number of carbonyl (C=O) groups excluding carboxylic acids is 3. The lowest BCUT2D eigenvalue weighted by molar-refractivity contribution is -0.153. The third-order valence-electron chi connectivity index (χ3n) is 9.93. The molecule has 222 valence electrons. The van der Waals surface area contributed by atoms with E-state index in [4.69, 9.17) is 10.5 Å². The fraction of sp³-hybridized carbons (Fsp3) is 0.567. The normalized spacial score (nSPS) is 28.7. The third kappa shape index (κ3) is 4.16. The van der Waals surface area contributed by atoms with E-state index in [9.17, 15) is 34.8 Å². The van der Waals surface area contributed by atoms with E-state index in [0.717, 1.165) is 13.0 Å². The fourth-order valence-electron chi connectivity index (χ4n) is 7.54. The van der Waals surface area contributed by atoms with E-state index in [2.05, 4.69) is 12.2 Å². The molecule has 0 spiro atoms. The zero-order valence-electron chi connectivity index (χ0n) is 23.9. The summed E-state index contributed by atoms with van der Waals surface area (Å²) in [7, 11) is 4.65. The summed E-state index contributed by atoms with van der Waals surface area (Å²) >= 11 is 0. The Morgan fingerprint density at radius 2 is 1.90 bits per heavy atom. The largest absolute Gasteiger partial charge is 0.508 e. The number of aliphatic hydroxyl groups is 3. The number of phenols is 1. The maximum Gasteiger partial charge on any atom is 0.255 e. The lowest BCUT2D eigenvalue weighted by Crippen LogP contribution is -2.65. The van der Waals surface area contributed by atoms with Crippen LogP contribution < -0.4 is 15.8 Å². The molecule has 0 unspecified atom stereocenters. The molecule has 1 aromatic carbocycles. The van der Waals surface area contributed by atoms with Crippen LogP contribution in [-0.4, -0.2) is 82.2 Å². The molecule has 2 fully saturated rings. The molecule has 2 saturated carbocycles. The molecule has 1 aromatic rings. The quantitative estimate of drug-likeness (QED) is 0.252. The highest BCUT2D eigenvalue weighted by Crippen LogP contribution is 2.54. The number of rotatable bonds is 8. The van der Waals surface area contributed by atoms with Crippen molar-refractivity contribution in [2.75, 3.05) is 27.7 Å². The van der Waals surface area contributed by atoms with Crippen molar-refractivity contribution in [1.29, 1.82) is 0 Å². The number of hydrogen-bond acceptors (Lipinski definition) is 10. The zero-order chi connectivity index (χ0) is 30.0. The number of nitrogens with zero attached hydrogens (tertiary/aromatic N) is 1. The van der Waals surface area contributed by atoms with Crippen LogP contribution in [0.1, 0.15) is 55.7 Å². The lowest BCUT2D eigenvalue weighted by Gasteiger charge is -2.50. The first kappa shape index (κ1) is 29.1. The van der Waals surface area contributed by atoms with Crippen molar-refractivity contribution in [1.82, 2.24) is 10.2 Å². The second kappa shape index (κ2) is 10.1. The number of Topliss-reactive ketones (excluding diaryl/α,β-unsaturated/α-hetero) is 2. The average molecular weight is 570 g/mol. The molecule has 0 saturated heterocycles. The smallest absolute Gasteiger partial charge is 0.255 e. The number of primary amides is 1. The van der Waals surface area contributed by atoms with E-state index in [1.165, 1.54) is 37.3 Å². The van der Waals surface area contributed by atoms with Gasteiger partial charge in [0.05, 0.1) is 18.7 Å². The number of fused-ring (bicyclic) bond motifs is 3. The van der Waals surface area contributed by atoms with Crippen molar-refractivity contribution >= 4 is 23.2 Å². The number of hydrogen-bond donors (Lipinski definition) is 6. The summed E-state index contributed by atoms with van der Waals surface area (Å²) in [5.74, 6) is -6.28. The molecule has 41 heavy (non-hydrogen) atoms. The van der Waals surface area contributed by atoms with Crippen molar-refractivity contribution < 1.29 is 39.5 Å². The Morgan fingerprint density at radius 3 is 2.44 bits per heavy atom. The molecule has 5 rings (SSSR count). The molecule has 0 bridgehead atoms. The summed E-state index contributed by atoms with van der Waals surface area (Å²) in [5, 5.41) is 48.6. The second-order valence-electron chi connectivity index (χ2n) is 12.2. The molecule has 11 heteroatoms. The number of phenolic OH excluding ortho intramolecular Hbond substituents is 1. The molecule has 0 aliphatic heterocycles. The molecule has 0 heterocycles. The van der Waals surface area contributed by atoms with Gasteiger partial charge in [0.15, 0.2) is 11.4 Å². The van der Waals surface area contributed by atoms with E-state index in [0.29, 0.717) is 23.4 Å². The number of benzene rings is 1. The lowest BCUT2D eigenvalue weighted by atomic mass is 9.57. The summed E-state index contributed by atoms with van der Waals surface area (Å²) in [4.78, 5) is 40.8. The van der Waals surface area contributed by atoms with Crippen LogP contribution in [0.15, 0.2) is 23.0 Å². The maximum absolute atomic E-state index is 14.0. The number of amides is 1. The number of aliphatic hydroxyl groups excluding tert-OH is 2. The minimum absolute atomic E-state index is 0.0194. The number of carbonyl (C=O) groups is 3. The van der Waals surface area contributed by atoms with Crippen LogP contribution in [-0.2, 0) is 27.3 Å². The average Bonchev–Trinajstić information content (AvgIpc) is 2.87. The molecule has 1 amide bonds. The Bertz CT molecular complexity index is 1390. The van der Waals surface area contributed by atoms with Gasteiger partial charge in [0.2, 0.25) is 5.78 Å². The van der Waals surface area contributed by atoms with Crippen LogP contribution in [0.5, 0.6) is 11.5 Å². The van der Waals surface area contributed by atoms with Gasteiger partial charge in [0.1, 0.15) is 28.6 Å². The van der Waals surface area contributed by atoms with Gasteiger partial charge in [-0.15, -0.1) is 0 Å². The molecule has 0 radical (unpaired) electrons. The Balaban J connectivity index is 1.58. The van der Waals surface area contributed by atoms with Gasteiger partial charge in [0.25, 0.3) is 5.91 Å². The van der Waals surface area contributed by atoms with Crippen LogP contribution in [0.25, 0.3) is 5.76 Å². The number of nitrogens with two attached hydrogens (primary N) is 1. The highest BCUT2D eigenvalue weighted by molar-refractivity contribution is 6.24. The van der Waals surface area contributed by atoms with E-state index < -0.39 is 58.0 Å². The topological polar surface area (TPSA) is 183 Å². The molecular formula is C30H39N3O8. The van der Waals surface area contributed by atoms with Gasteiger partial charge >= 0.3 is 0 Å². The number of likely N-dealkylation sites (N-methyl/N-ethyl adjacent to an activating group) is 1. The summed E-state index contributed by atoms with van der Waals surface area (Å²) in [5.41, 5.74) is 3.22. The SMILES string of the molecule is CCC1(CNCc2cc(O)c3c(c2OC)C[C@H]2C[C@H]4[C@H](N(C)C)C(=O)C(C(N)=O)=C(O)[C@@]4(O)C(=O)C2=C3O)CCC1. The van der Waals surface area contributed by atoms with Gasteiger partial charge < -0.3 is 36.2 Å². The van der Waals surface area contributed by atoms with Crippen molar-refractivity contribution in [2.45, 2.75) is 63.6 Å². The fourth-order valence-corrected chi connectivity index (χ4v) is 7.54. The Labute approximate surface area is 238 Å². The van der Waals surface area contributed by atoms with Gasteiger partial charge in [-0.2, -0.15) is 0 Å². The minimum atomic E-state index is -2.66. The van der Waals surface area contributed by atoms with Gasteiger partial charge in [0, 0.05) is 35.7 Å². The number of ketones is 2. The first-order valence-corrected chi connectivity index (χ1v) is 14.1. The summed E-state index contributed by atoms with van der Waals surface area (Å²) in [6, 6.07) is 0.367. The van der Waals surface area contributed by atoms with Crippen molar-refractivity contribution in [2.24, 2.45) is 23.0 Å². The monoisotopic (exact) mass is 569 g/mol. The predicted molar refractivity (Wildman–Crippen MR) is 149 cm³/mol. The van der Waals surface area contributed by atoms with Crippen LogP contribution in [0.3, 0.4) is 0 Å². The third-order valence-corrected chi connectivity index (χ3v) is 9.93. The van der Waals surface area contributed by atoms with E-state index in [1.807, 2.05) is 0 Å². The van der Waals surface area contributed by atoms with Crippen molar-refractivity contribution in [3.63, 3.8) is 0 Å². The van der Waals surface area contributed by atoms with Crippen LogP contribution in [0.4, 0.5) is 0 Å². The summed E-state index contributed by atoms with van der Waals surface area (Å²) in [6.07, 6.45) is 4.86. The van der Waals surface area contributed by atoms with Crippen LogP contribution in [0.2, 0.25) is 0 Å². The van der Waals surface area contributed by atoms with Crippen molar-refractivity contribution in [3.05, 3.63) is 39.7 Å². The molecule has 4 atom stereocenters. The highest BCUT2D eigenvalue weighted by atomic mass is 16.5. The zero-order valence-corrected chi connectivity index (χ0v) is 23.9. The number of nitrogens with one attached hydrogen (secondary N) is 1. The molecule has 0 aromatic heterocycles. The first-order chi connectivity index (χ1) is 19.3. The van der Waals surface area contributed by atoms with Crippen LogP contribution >= 0.6 is 0 Å². The van der Waals surface area contributed by atoms with Crippen molar-refractivity contribution in [3.8, 4) is 11.5 Å². The van der Waals surface area contributed by atoms with Gasteiger partial charge in [-0.05, 0) is 63.6 Å². The molecule has 11 nitrogen and oxygen atoms in total. The second-order valence-corrected chi connectivity index (χ2v) is 12.2. The summed E-state index contributed by atoms with van der Waals surface area (Å²) in [6.45, 7) is 3.46. The van der Waals surface area contributed by atoms with Gasteiger partial charge in [-0.3, -0.25) is 19.3 Å². The number of methoxy groups -OCH3 is 1. The minimum Gasteiger partial charge on any atom is -0.508 e. The molecule has 4 aliphatic rings. The van der Waals surface area contributed by atoms with Gasteiger partial charge in [-0.1, -0.05) is 13.3 Å². The highest BCUT2D eigenvalue weighted by Gasteiger charge is 2.64. The Hall–Kier alpha value is -3.41. The maximum atomic E-state index is 14.0. The molecule has 7 N–H and O–H groups in total.